The summed E-state index contributed by atoms with van der Waals surface area (Å²) in [5, 5.41) is 2.32. The highest BCUT2D eigenvalue weighted by atomic mass is 16.2. The molecule has 0 unspecified atom stereocenters. The van der Waals surface area contributed by atoms with Gasteiger partial charge in [0, 0.05) is 7.05 Å². The third kappa shape index (κ3) is 3.07. The minimum absolute atomic E-state index is 0.386. The van der Waals surface area contributed by atoms with Crippen LogP contribution in [0, 0.1) is 0 Å². The van der Waals surface area contributed by atoms with Gasteiger partial charge in [-0.25, -0.2) is 9.78 Å². The molecule has 29 heavy (non-hydrogen) atoms. The molecule has 2 aromatic heterocycles. The molecule has 0 saturated carbocycles. The molecule has 3 heterocycles. The Balaban J connectivity index is 1.71. The first-order valence-electron chi connectivity index (χ1n) is 9.99. The monoisotopic (exact) mass is 389 g/mol. The van der Waals surface area contributed by atoms with Crippen molar-refractivity contribution in [1.82, 2.24) is 24.0 Å². The first-order valence-corrected chi connectivity index (χ1v) is 9.99. The van der Waals surface area contributed by atoms with Crippen molar-refractivity contribution in [2.24, 2.45) is 7.05 Å². The van der Waals surface area contributed by atoms with Gasteiger partial charge in [0.2, 0.25) is 0 Å². The molecule has 0 bridgehead atoms. The molecule has 1 N–H and O–H groups in total. The highest BCUT2D eigenvalue weighted by molar-refractivity contribution is 5.85. The largest absolute Gasteiger partial charge is 0.329 e. The van der Waals surface area contributed by atoms with Crippen LogP contribution in [0.1, 0.15) is 24.2 Å². The summed E-state index contributed by atoms with van der Waals surface area (Å²) in [7, 11) is 1.65. The van der Waals surface area contributed by atoms with Crippen LogP contribution in [0.4, 0.5) is 0 Å². The lowest BCUT2D eigenvalue weighted by Crippen LogP contribution is -2.29. The second-order valence-electron chi connectivity index (χ2n) is 7.73. The second-order valence-corrected chi connectivity index (χ2v) is 7.73. The molecule has 0 atom stereocenters. The molecule has 1 aliphatic rings. The summed E-state index contributed by atoms with van der Waals surface area (Å²) < 4.78 is 3.40. The zero-order chi connectivity index (χ0) is 20.0. The van der Waals surface area contributed by atoms with Gasteiger partial charge in [-0.05, 0) is 42.3 Å². The number of imidazole rings is 1. The summed E-state index contributed by atoms with van der Waals surface area (Å²) in [5.41, 5.74) is 1.19. The second kappa shape index (κ2) is 7.00. The van der Waals surface area contributed by atoms with Crippen molar-refractivity contribution < 1.29 is 0 Å². The van der Waals surface area contributed by atoms with Crippen molar-refractivity contribution in [3.63, 3.8) is 0 Å². The van der Waals surface area contributed by atoms with Crippen LogP contribution in [0.25, 0.3) is 21.9 Å². The number of nitrogens with zero attached hydrogens (tertiary/aromatic N) is 4. The van der Waals surface area contributed by atoms with Crippen LogP contribution in [-0.4, -0.2) is 37.1 Å². The van der Waals surface area contributed by atoms with Gasteiger partial charge in [0.05, 0.1) is 13.1 Å². The number of fused-ring (bicyclic) bond motifs is 2. The third-order valence-corrected chi connectivity index (χ3v) is 5.86. The summed E-state index contributed by atoms with van der Waals surface area (Å²) in [4.78, 5) is 34.4. The average molecular weight is 389 g/mol. The third-order valence-electron chi connectivity index (χ3n) is 5.86. The van der Waals surface area contributed by atoms with Gasteiger partial charge >= 0.3 is 5.69 Å². The van der Waals surface area contributed by atoms with E-state index < -0.39 is 5.69 Å². The smallest absolute Gasteiger partial charge is 0.317 e. The molecule has 0 aliphatic carbocycles. The number of hydrogen-bond donors (Lipinski definition) is 1. The Morgan fingerprint density at radius 1 is 1.00 bits per heavy atom. The molecular weight excluding hydrogens is 366 g/mol. The highest BCUT2D eigenvalue weighted by Gasteiger charge is 2.21. The minimum atomic E-state index is -0.440. The molecule has 0 spiro atoms. The zero-order valence-electron chi connectivity index (χ0n) is 16.4. The first-order chi connectivity index (χ1) is 14.1. The normalized spacial score (nSPS) is 14.9. The van der Waals surface area contributed by atoms with E-state index in [4.69, 9.17) is 4.98 Å². The van der Waals surface area contributed by atoms with Crippen LogP contribution in [0.5, 0.6) is 0 Å². The zero-order valence-corrected chi connectivity index (χ0v) is 16.4. The first kappa shape index (κ1) is 17.9. The van der Waals surface area contributed by atoms with Gasteiger partial charge in [-0.3, -0.25) is 19.2 Å². The van der Waals surface area contributed by atoms with Crippen molar-refractivity contribution in [2.75, 3.05) is 13.1 Å². The Bertz CT molecular complexity index is 1320. The van der Waals surface area contributed by atoms with Gasteiger partial charge in [0.1, 0.15) is 5.82 Å². The van der Waals surface area contributed by atoms with Crippen LogP contribution in [-0.2, 0) is 20.1 Å². The number of rotatable bonds is 4. The molecule has 5 rings (SSSR count). The number of benzene rings is 2. The average Bonchev–Trinajstić information content (AvgIpc) is 3.36. The van der Waals surface area contributed by atoms with Crippen molar-refractivity contribution in [3.8, 4) is 0 Å². The van der Waals surface area contributed by atoms with E-state index in [1.54, 1.807) is 7.05 Å². The van der Waals surface area contributed by atoms with Crippen molar-refractivity contribution >= 4 is 21.9 Å². The van der Waals surface area contributed by atoms with E-state index in [1.807, 2.05) is 22.8 Å². The van der Waals surface area contributed by atoms with Crippen LogP contribution < -0.4 is 11.2 Å². The van der Waals surface area contributed by atoms with Gasteiger partial charge < -0.3 is 4.57 Å². The van der Waals surface area contributed by atoms with Crippen LogP contribution in [0.3, 0.4) is 0 Å². The molecular formula is C22H23N5O2. The fraction of sp³-hybridized carbons (Fsp3) is 0.318. The van der Waals surface area contributed by atoms with Gasteiger partial charge in [-0.15, -0.1) is 0 Å². The predicted molar refractivity (Wildman–Crippen MR) is 113 cm³/mol. The molecule has 4 aromatic rings. The molecule has 7 heteroatoms. The number of aromatic amines is 1. The van der Waals surface area contributed by atoms with E-state index in [0.717, 1.165) is 35.2 Å². The summed E-state index contributed by atoms with van der Waals surface area (Å²) in [5.74, 6) is 0.821. The Morgan fingerprint density at radius 2 is 1.76 bits per heavy atom. The number of nitrogens with one attached hydrogen (secondary N) is 1. The van der Waals surface area contributed by atoms with E-state index in [0.29, 0.717) is 24.3 Å². The molecule has 1 fully saturated rings. The Hall–Kier alpha value is -3.19. The van der Waals surface area contributed by atoms with E-state index in [-0.39, 0.29) is 5.56 Å². The molecule has 0 radical (unpaired) electrons. The fourth-order valence-electron chi connectivity index (χ4n) is 4.31. The van der Waals surface area contributed by atoms with Crippen LogP contribution in [0.2, 0.25) is 0 Å². The lowest BCUT2D eigenvalue weighted by Gasteiger charge is -2.16. The number of likely N-dealkylation sites (tertiary alicyclic amines) is 1. The number of aromatic nitrogens is 4. The fourth-order valence-corrected chi connectivity index (χ4v) is 4.31. The SMILES string of the molecule is Cn1c(=O)[nH]c(=O)c2c1nc(CN1CCCC1)n2Cc1cccc2ccccc12. The number of H-pyrrole nitrogens is 1. The van der Waals surface area contributed by atoms with Gasteiger partial charge in [-0.1, -0.05) is 42.5 Å². The highest BCUT2D eigenvalue weighted by Crippen LogP contribution is 2.23. The topological polar surface area (TPSA) is 75.9 Å². The number of aryl methyl sites for hydroxylation is 1. The predicted octanol–water partition coefficient (Wildman–Crippen LogP) is 2.22. The Morgan fingerprint density at radius 3 is 2.59 bits per heavy atom. The maximum absolute atomic E-state index is 12.7. The summed E-state index contributed by atoms with van der Waals surface area (Å²) >= 11 is 0. The van der Waals surface area contributed by atoms with Crippen LogP contribution >= 0.6 is 0 Å². The molecule has 1 aliphatic heterocycles. The maximum atomic E-state index is 12.7. The summed E-state index contributed by atoms with van der Waals surface area (Å²) in [6.07, 6.45) is 2.37. The molecule has 2 aromatic carbocycles. The lowest BCUT2D eigenvalue weighted by atomic mass is 10.0. The van der Waals surface area contributed by atoms with Gasteiger partial charge in [0.25, 0.3) is 5.56 Å². The number of hydrogen-bond acceptors (Lipinski definition) is 4. The Labute approximate surface area is 167 Å². The summed E-state index contributed by atoms with van der Waals surface area (Å²) in [6.45, 7) is 3.27. The van der Waals surface area contributed by atoms with Crippen molar-refractivity contribution in [3.05, 3.63) is 74.7 Å². The maximum Gasteiger partial charge on any atom is 0.329 e. The molecule has 7 nitrogen and oxygen atoms in total. The Kier molecular flexibility index (Phi) is 4.32. The summed E-state index contributed by atoms with van der Waals surface area (Å²) in [6, 6.07) is 14.5. The van der Waals surface area contributed by atoms with Crippen molar-refractivity contribution in [2.45, 2.75) is 25.9 Å². The van der Waals surface area contributed by atoms with Crippen molar-refractivity contribution in [1.29, 1.82) is 0 Å². The molecule has 1 saturated heterocycles. The van der Waals surface area contributed by atoms with Gasteiger partial charge in [-0.2, -0.15) is 0 Å². The van der Waals surface area contributed by atoms with E-state index >= 15 is 0 Å². The van der Waals surface area contributed by atoms with Crippen LogP contribution in [0.15, 0.2) is 52.1 Å². The van der Waals surface area contributed by atoms with E-state index in [2.05, 4.69) is 34.1 Å². The lowest BCUT2D eigenvalue weighted by molar-refractivity contribution is 0.318. The van der Waals surface area contributed by atoms with E-state index in [9.17, 15) is 9.59 Å². The molecule has 0 amide bonds. The quantitative estimate of drug-likeness (QED) is 0.581. The standard InChI is InChI=1S/C22H23N5O2/c1-25-20-19(21(28)24-22(25)29)27(18(23-20)14-26-11-4-5-12-26)13-16-9-6-8-15-7-2-3-10-17(15)16/h2-3,6-10H,4-5,11-14H2,1H3,(H,24,28,29). The van der Waals surface area contributed by atoms with E-state index in [1.165, 1.54) is 17.4 Å². The minimum Gasteiger partial charge on any atom is -0.317 e. The van der Waals surface area contributed by atoms with Gasteiger partial charge in [0.15, 0.2) is 11.2 Å². The molecule has 148 valence electrons.